The Bertz CT molecular complexity index is 467. The van der Waals surface area contributed by atoms with Gasteiger partial charge in [0, 0.05) is 10.6 Å². The van der Waals surface area contributed by atoms with Crippen LogP contribution in [0.4, 0.5) is 10.1 Å². The molecule has 0 fully saturated rings. The van der Waals surface area contributed by atoms with E-state index in [0.29, 0.717) is 5.02 Å². The number of aliphatic imine (C=N–C) groups is 1. The van der Waals surface area contributed by atoms with Gasteiger partial charge in [0.2, 0.25) is 0 Å². The second-order valence-corrected chi connectivity index (χ2v) is 4.79. The number of hydrogen-bond donors (Lipinski definition) is 0. The molecular formula is C11H9ClFNS2. The molecule has 0 spiro atoms. The van der Waals surface area contributed by atoms with E-state index in [-0.39, 0.29) is 5.69 Å². The fraction of sp³-hybridized carbons (Fsp3) is 0.182. The number of halogens is 2. The third-order valence-corrected chi connectivity index (χ3v) is 3.44. The first-order valence-electron chi connectivity index (χ1n) is 4.38. The van der Waals surface area contributed by atoms with Crippen LogP contribution in [0.15, 0.2) is 34.2 Å². The molecule has 0 aromatic heterocycles. The quantitative estimate of drug-likeness (QED) is 0.335. The largest absolute Gasteiger partial charge is 0.205 e. The van der Waals surface area contributed by atoms with Crippen LogP contribution < -0.4 is 0 Å². The monoisotopic (exact) mass is 273 g/mol. The Morgan fingerprint density at radius 1 is 1.69 bits per heavy atom. The van der Waals surface area contributed by atoms with Crippen LogP contribution in [-0.2, 0) is 0 Å². The summed E-state index contributed by atoms with van der Waals surface area (Å²) in [6.07, 6.45) is 0. The molecule has 0 radical (unpaired) electrons. The minimum absolute atomic E-state index is 0.156. The van der Waals surface area contributed by atoms with Gasteiger partial charge in [-0.15, -0.1) is 11.8 Å². The highest BCUT2D eigenvalue weighted by molar-refractivity contribution is 7.99. The maximum absolute atomic E-state index is 13.3. The first-order chi connectivity index (χ1) is 7.54. The van der Waals surface area contributed by atoms with E-state index < -0.39 is 5.82 Å². The zero-order chi connectivity index (χ0) is 12.1. The number of isothiocyanates is 1. The second kappa shape index (κ2) is 6.16. The molecule has 0 heterocycles. The van der Waals surface area contributed by atoms with Crippen LogP contribution in [0.2, 0.25) is 5.02 Å². The molecule has 0 atom stereocenters. The maximum atomic E-state index is 13.3. The Labute approximate surface area is 108 Å². The molecule has 0 aliphatic carbocycles. The van der Waals surface area contributed by atoms with Crippen molar-refractivity contribution in [3.63, 3.8) is 0 Å². The van der Waals surface area contributed by atoms with E-state index in [1.165, 1.54) is 17.8 Å². The summed E-state index contributed by atoms with van der Waals surface area (Å²) in [4.78, 5) is 4.39. The van der Waals surface area contributed by atoms with Crippen molar-refractivity contribution in [1.29, 1.82) is 0 Å². The molecule has 0 saturated carbocycles. The first kappa shape index (κ1) is 13.4. The van der Waals surface area contributed by atoms with Gasteiger partial charge < -0.3 is 0 Å². The Balaban J connectivity index is 3.04. The van der Waals surface area contributed by atoms with Crippen LogP contribution in [-0.4, -0.2) is 10.9 Å². The van der Waals surface area contributed by atoms with Crippen LogP contribution in [0.3, 0.4) is 0 Å². The SMILES string of the molecule is C=C(C)CSc1cc(N=C=S)c(F)cc1Cl. The molecular weight excluding hydrogens is 265 g/mol. The molecule has 0 saturated heterocycles. The number of hydrogen-bond acceptors (Lipinski definition) is 3. The molecule has 1 aromatic rings. The van der Waals surface area contributed by atoms with Crippen molar-refractivity contribution in [2.75, 3.05) is 5.75 Å². The van der Waals surface area contributed by atoms with E-state index in [1.807, 2.05) is 6.92 Å². The minimum atomic E-state index is -0.498. The molecule has 0 aliphatic rings. The molecule has 0 bridgehead atoms. The van der Waals surface area contributed by atoms with E-state index in [9.17, 15) is 4.39 Å². The number of nitrogens with zero attached hydrogens (tertiary/aromatic N) is 1. The fourth-order valence-electron chi connectivity index (χ4n) is 0.965. The average Bonchev–Trinajstić information content (AvgIpc) is 2.20. The highest BCUT2D eigenvalue weighted by Gasteiger charge is 2.08. The first-order valence-corrected chi connectivity index (χ1v) is 6.16. The summed E-state index contributed by atoms with van der Waals surface area (Å²) < 4.78 is 13.3. The molecule has 1 rings (SSSR count). The van der Waals surface area contributed by atoms with Crippen LogP contribution in [0.1, 0.15) is 6.92 Å². The average molecular weight is 274 g/mol. The van der Waals surface area contributed by atoms with Crippen molar-refractivity contribution in [3.05, 3.63) is 35.1 Å². The van der Waals surface area contributed by atoms with Gasteiger partial charge >= 0.3 is 0 Å². The van der Waals surface area contributed by atoms with Gasteiger partial charge in [-0.2, -0.15) is 4.99 Å². The second-order valence-electron chi connectivity index (χ2n) is 3.18. The third kappa shape index (κ3) is 3.72. The minimum Gasteiger partial charge on any atom is -0.205 e. The van der Waals surface area contributed by atoms with E-state index in [1.54, 1.807) is 6.07 Å². The number of thioether (sulfide) groups is 1. The fourth-order valence-corrected chi connectivity index (χ4v) is 2.17. The highest BCUT2D eigenvalue weighted by atomic mass is 35.5. The number of benzene rings is 1. The predicted molar refractivity (Wildman–Crippen MR) is 71.6 cm³/mol. The molecule has 0 N–H and O–H groups in total. The molecule has 1 aromatic carbocycles. The van der Waals surface area contributed by atoms with Crippen molar-refractivity contribution >= 4 is 46.4 Å². The lowest BCUT2D eigenvalue weighted by Crippen LogP contribution is -1.84. The summed E-state index contributed by atoms with van der Waals surface area (Å²) in [6, 6.07) is 2.79. The topological polar surface area (TPSA) is 12.4 Å². The van der Waals surface area contributed by atoms with Gasteiger partial charge in [-0.05, 0) is 31.3 Å². The van der Waals surface area contributed by atoms with E-state index >= 15 is 0 Å². The van der Waals surface area contributed by atoms with Gasteiger partial charge in [0.15, 0.2) is 5.82 Å². The summed E-state index contributed by atoms with van der Waals surface area (Å²) in [5.74, 6) is 0.230. The Morgan fingerprint density at radius 2 is 2.38 bits per heavy atom. The van der Waals surface area contributed by atoms with Crippen molar-refractivity contribution in [1.82, 2.24) is 0 Å². The summed E-state index contributed by atoms with van der Waals surface area (Å²) in [5.41, 5.74) is 1.17. The van der Waals surface area contributed by atoms with Gasteiger partial charge in [0.05, 0.1) is 10.2 Å². The normalized spacial score (nSPS) is 9.69. The molecule has 1 nitrogen and oxygen atoms in total. The number of thiocarbonyl (C=S) groups is 1. The smallest absolute Gasteiger partial charge is 0.151 e. The van der Waals surface area contributed by atoms with E-state index in [0.717, 1.165) is 16.2 Å². The van der Waals surface area contributed by atoms with Crippen molar-refractivity contribution in [2.45, 2.75) is 11.8 Å². The van der Waals surface area contributed by atoms with Crippen LogP contribution in [0, 0.1) is 5.82 Å². The predicted octanol–water partition coefficient (Wildman–Crippen LogP) is 4.88. The van der Waals surface area contributed by atoms with Gasteiger partial charge in [-0.3, -0.25) is 0 Å². The van der Waals surface area contributed by atoms with Gasteiger partial charge in [-0.25, -0.2) is 4.39 Å². The van der Waals surface area contributed by atoms with E-state index in [4.69, 9.17) is 11.6 Å². The third-order valence-electron chi connectivity index (χ3n) is 1.64. The van der Waals surface area contributed by atoms with E-state index in [2.05, 4.69) is 29.0 Å². The van der Waals surface area contributed by atoms with Crippen molar-refractivity contribution in [3.8, 4) is 0 Å². The van der Waals surface area contributed by atoms with Crippen molar-refractivity contribution in [2.24, 2.45) is 4.99 Å². The highest BCUT2D eigenvalue weighted by Crippen LogP contribution is 2.33. The summed E-state index contributed by atoms with van der Waals surface area (Å²) >= 11 is 11.8. The lowest BCUT2D eigenvalue weighted by Gasteiger charge is -2.05. The molecule has 16 heavy (non-hydrogen) atoms. The molecule has 0 aliphatic heterocycles. The van der Waals surface area contributed by atoms with Crippen LogP contribution >= 0.6 is 35.6 Å². The zero-order valence-corrected chi connectivity index (χ0v) is 11.0. The maximum Gasteiger partial charge on any atom is 0.151 e. The molecule has 5 heteroatoms. The zero-order valence-electron chi connectivity index (χ0n) is 8.59. The Kier molecular flexibility index (Phi) is 5.16. The Hall–Kier alpha value is -0.670. The van der Waals surface area contributed by atoms with Gasteiger partial charge in [-0.1, -0.05) is 23.8 Å². The van der Waals surface area contributed by atoms with Crippen LogP contribution in [0.5, 0.6) is 0 Å². The molecule has 0 unspecified atom stereocenters. The summed E-state index contributed by atoms with van der Waals surface area (Å²) in [6.45, 7) is 5.70. The Morgan fingerprint density at radius 3 is 2.94 bits per heavy atom. The molecule has 84 valence electrons. The van der Waals surface area contributed by atoms with Gasteiger partial charge in [0.1, 0.15) is 5.69 Å². The lowest BCUT2D eigenvalue weighted by molar-refractivity contribution is 0.629. The summed E-state index contributed by atoms with van der Waals surface area (Å²) in [7, 11) is 0. The lowest BCUT2D eigenvalue weighted by atomic mass is 10.3. The van der Waals surface area contributed by atoms with Crippen molar-refractivity contribution < 1.29 is 4.39 Å². The molecule has 0 amide bonds. The summed E-state index contributed by atoms with van der Waals surface area (Å²) in [5, 5.41) is 2.50. The van der Waals surface area contributed by atoms with Gasteiger partial charge in [0.25, 0.3) is 0 Å². The number of rotatable bonds is 4. The standard InChI is InChI=1S/C11H9ClFNS2/c1-7(2)5-16-11-4-10(14-6-15)9(13)3-8(11)12/h3-4H,1,5H2,2H3. The van der Waals surface area contributed by atoms with Crippen LogP contribution in [0.25, 0.3) is 0 Å².